The summed E-state index contributed by atoms with van der Waals surface area (Å²) in [7, 11) is 0. The highest BCUT2D eigenvalue weighted by molar-refractivity contribution is 8.11. The number of unbranched alkanes of at least 4 members (excludes halogenated alkanes) is 5. The molecule has 0 amide bonds. The lowest BCUT2D eigenvalue weighted by Gasteiger charge is -1.99. The predicted molar refractivity (Wildman–Crippen MR) is 106 cm³/mol. The Kier molecular flexibility index (Phi) is 8.27. The largest absolute Gasteiger partial charge is 0.235 e. The molecule has 2 rings (SSSR count). The molecule has 120 valence electrons. The van der Waals surface area contributed by atoms with Crippen molar-refractivity contribution in [3.63, 3.8) is 0 Å². The zero-order chi connectivity index (χ0) is 15.6. The van der Waals surface area contributed by atoms with Gasteiger partial charge in [0.05, 0.1) is 5.52 Å². The molecule has 0 aliphatic rings. The monoisotopic (exact) mass is 351 g/mol. The van der Waals surface area contributed by atoms with Gasteiger partial charge in [0.1, 0.15) is 9.02 Å². The van der Waals surface area contributed by atoms with E-state index in [1.807, 2.05) is 23.1 Å². The molecule has 0 saturated carbocycles. The third-order valence-electron chi connectivity index (χ3n) is 3.39. The van der Waals surface area contributed by atoms with Crippen LogP contribution in [0.5, 0.6) is 0 Å². The van der Waals surface area contributed by atoms with Crippen LogP contribution >= 0.6 is 34.4 Å². The smallest absolute Gasteiger partial charge is 0.131 e. The van der Waals surface area contributed by atoms with E-state index in [1.165, 1.54) is 52.5 Å². The van der Waals surface area contributed by atoms with Crippen LogP contribution in [0.1, 0.15) is 63.8 Å². The van der Waals surface area contributed by atoms with Crippen LogP contribution in [0.2, 0.25) is 0 Å². The standard InChI is InChI=1S/C18H25NS3/c1-3-5-6-7-8-9-10-13-20-16(11-4-2)17-19-15-12-14-21-18(15)22-17/h10-14H,3-9H2,1-2H3/b13-10-,16-11-. The average Bonchev–Trinajstić information content (AvgIpc) is 3.10. The van der Waals surface area contributed by atoms with E-state index in [4.69, 9.17) is 4.98 Å². The number of fused-ring (bicyclic) bond motifs is 1. The number of rotatable bonds is 10. The molecule has 1 nitrogen and oxygen atoms in total. The van der Waals surface area contributed by atoms with Crippen LogP contribution in [0, 0.1) is 0 Å². The second-order valence-electron chi connectivity index (χ2n) is 5.28. The van der Waals surface area contributed by atoms with E-state index in [2.05, 4.69) is 42.9 Å². The minimum absolute atomic E-state index is 1.06. The number of nitrogens with zero attached hydrogens (tertiary/aromatic N) is 1. The van der Waals surface area contributed by atoms with Crippen molar-refractivity contribution in [2.75, 3.05) is 0 Å². The van der Waals surface area contributed by atoms with E-state index in [-0.39, 0.29) is 0 Å². The van der Waals surface area contributed by atoms with Gasteiger partial charge in [0, 0.05) is 4.91 Å². The molecular weight excluding hydrogens is 326 g/mol. The molecule has 0 unspecified atom stereocenters. The van der Waals surface area contributed by atoms with E-state index in [0.29, 0.717) is 0 Å². The maximum absolute atomic E-state index is 4.75. The summed E-state index contributed by atoms with van der Waals surface area (Å²) in [5.74, 6) is 0. The fraction of sp³-hybridized carbons (Fsp3) is 0.500. The second kappa shape index (κ2) is 10.2. The lowest BCUT2D eigenvalue weighted by molar-refractivity contribution is 0.637. The molecule has 0 radical (unpaired) electrons. The molecule has 0 spiro atoms. The summed E-state index contributed by atoms with van der Waals surface area (Å²) in [5, 5.41) is 5.53. The van der Waals surface area contributed by atoms with Gasteiger partial charge >= 0.3 is 0 Å². The van der Waals surface area contributed by atoms with Crippen LogP contribution in [0.3, 0.4) is 0 Å². The van der Waals surface area contributed by atoms with Gasteiger partial charge in [0.15, 0.2) is 0 Å². The second-order valence-corrected chi connectivity index (χ2v) is 8.40. The summed E-state index contributed by atoms with van der Waals surface area (Å²) >= 11 is 5.42. The van der Waals surface area contributed by atoms with Crippen LogP contribution in [-0.2, 0) is 0 Å². The zero-order valence-electron chi connectivity index (χ0n) is 13.5. The molecule has 4 heteroatoms. The summed E-state index contributed by atoms with van der Waals surface area (Å²) < 4.78 is 1.33. The van der Waals surface area contributed by atoms with Gasteiger partial charge in [0.2, 0.25) is 0 Å². The number of thiophene rings is 1. The highest BCUT2D eigenvalue weighted by Gasteiger charge is 2.08. The quantitative estimate of drug-likeness (QED) is 0.406. The molecule has 0 bridgehead atoms. The fourth-order valence-electron chi connectivity index (χ4n) is 2.20. The Bertz CT molecular complexity index is 578. The molecule has 22 heavy (non-hydrogen) atoms. The molecule has 0 fully saturated rings. The van der Waals surface area contributed by atoms with Crippen molar-refractivity contribution in [2.45, 2.75) is 58.8 Å². The minimum atomic E-state index is 1.06. The van der Waals surface area contributed by atoms with Gasteiger partial charge in [-0.1, -0.05) is 63.4 Å². The van der Waals surface area contributed by atoms with Crippen molar-refractivity contribution in [2.24, 2.45) is 0 Å². The molecule has 2 aromatic heterocycles. The van der Waals surface area contributed by atoms with Gasteiger partial charge < -0.3 is 0 Å². The lowest BCUT2D eigenvalue weighted by atomic mass is 10.1. The third kappa shape index (κ3) is 5.56. The number of hydrogen-bond donors (Lipinski definition) is 0. The van der Waals surface area contributed by atoms with E-state index in [9.17, 15) is 0 Å². The highest BCUT2D eigenvalue weighted by atomic mass is 32.2. The molecule has 0 saturated heterocycles. The van der Waals surface area contributed by atoms with Gasteiger partial charge in [-0.3, -0.25) is 0 Å². The Labute approximate surface area is 146 Å². The van der Waals surface area contributed by atoms with E-state index in [0.717, 1.165) is 11.9 Å². The summed E-state index contributed by atoms with van der Waals surface area (Å²) in [6.45, 7) is 4.45. The van der Waals surface area contributed by atoms with Gasteiger partial charge in [-0.2, -0.15) is 0 Å². The summed E-state index contributed by atoms with van der Waals surface area (Å²) in [6, 6.07) is 2.11. The topological polar surface area (TPSA) is 12.9 Å². The maximum atomic E-state index is 4.75. The molecule has 0 aliphatic heterocycles. The van der Waals surface area contributed by atoms with Crippen molar-refractivity contribution in [3.8, 4) is 0 Å². The normalized spacial score (nSPS) is 12.7. The lowest BCUT2D eigenvalue weighted by Crippen LogP contribution is -1.77. The van der Waals surface area contributed by atoms with Crippen LogP contribution in [0.4, 0.5) is 0 Å². The third-order valence-corrected chi connectivity index (χ3v) is 6.59. The van der Waals surface area contributed by atoms with Gasteiger partial charge in [0.25, 0.3) is 0 Å². The predicted octanol–water partition coefficient (Wildman–Crippen LogP) is 7.72. The van der Waals surface area contributed by atoms with Crippen molar-refractivity contribution in [3.05, 3.63) is 34.0 Å². The Balaban J connectivity index is 1.82. The van der Waals surface area contributed by atoms with Crippen LogP contribution in [-0.4, -0.2) is 4.98 Å². The Morgan fingerprint density at radius 2 is 2.09 bits per heavy atom. The molecule has 2 aromatic rings. The average molecular weight is 352 g/mol. The van der Waals surface area contributed by atoms with Crippen LogP contribution < -0.4 is 0 Å². The Morgan fingerprint density at radius 1 is 1.23 bits per heavy atom. The highest BCUT2D eigenvalue weighted by Crippen LogP contribution is 2.36. The number of thiazole rings is 1. The molecule has 2 heterocycles. The van der Waals surface area contributed by atoms with Crippen molar-refractivity contribution < 1.29 is 0 Å². The van der Waals surface area contributed by atoms with E-state index >= 15 is 0 Å². The van der Waals surface area contributed by atoms with E-state index in [1.54, 1.807) is 11.3 Å². The van der Waals surface area contributed by atoms with Gasteiger partial charge in [-0.05, 0) is 36.1 Å². The Hall–Kier alpha value is -0.580. The van der Waals surface area contributed by atoms with E-state index < -0.39 is 0 Å². The molecule has 0 aromatic carbocycles. The molecule has 0 aliphatic carbocycles. The number of aromatic nitrogens is 1. The number of hydrogen-bond acceptors (Lipinski definition) is 4. The molecule has 0 atom stereocenters. The first-order valence-corrected chi connectivity index (χ1v) is 10.8. The first-order chi connectivity index (χ1) is 10.8. The van der Waals surface area contributed by atoms with Crippen molar-refractivity contribution in [1.82, 2.24) is 4.98 Å². The molecule has 0 N–H and O–H groups in total. The maximum Gasteiger partial charge on any atom is 0.131 e. The number of thioether (sulfide) groups is 1. The Morgan fingerprint density at radius 3 is 2.86 bits per heavy atom. The molecular formula is C18H25NS3. The van der Waals surface area contributed by atoms with Crippen LogP contribution in [0.25, 0.3) is 14.4 Å². The number of allylic oxidation sites excluding steroid dienone is 2. The zero-order valence-corrected chi connectivity index (χ0v) is 16.0. The summed E-state index contributed by atoms with van der Waals surface area (Å²) in [6.07, 6.45) is 13.6. The van der Waals surface area contributed by atoms with Gasteiger partial charge in [-0.25, -0.2) is 4.98 Å². The fourth-order valence-corrected chi connectivity index (χ4v) is 5.13. The van der Waals surface area contributed by atoms with Crippen molar-refractivity contribution >= 4 is 48.9 Å². The first-order valence-electron chi connectivity index (χ1n) is 8.21. The minimum Gasteiger partial charge on any atom is -0.235 e. The van der Waals surface area contributed by atoms with Crippen LogP contribution in [0.15, 0.2) is 29.0 Å². The van der Waals surface area contributed by atoms with Gasteiger partial charge in [-0.15, -0.1) is 22.7 Å². The first kappa shape index (κ1) is 17.8. The summed E-state index contributed by atoms with van der Waals surface area (Å²) in [4.78, 5) is 6.05. The SMILES string of the molecule is CC/C=C(\S/C=C\CCCCCCC)c1nc2ccsc2s1. The van der Waals surface area contributed by atoms with Crippen molar-refractivity contribution in [1.29, 1.82) is 0 Å². The summed E-state index contributed by atoms with van der Waals surface area (Å²) in [5.41, 5.74) is 1.15.